The lowest BCUT2D eigenvalue weighted by atomic mass is 9.66. The van der Waals surface area contributed by atoms with Crippen molar-refractivity contribution in [2.75, 3.05) is 18.4 Å². The van der Waals surface area contributed by atoms with Gasteiger partial charge in [-0.15, -0.1) is 0 Å². The molecule has 1 amide bonds. The molecule has 2 N–H and O–H groups in total. The first-order valence-corrected chi connectivity index (χ1v) is 9.49. The normalized spacial score (nSPS) is 25.3. The Morgan fingerprint density at radius 1 is 1.15 bits per heavy atom. The van der Waals surface area contributed by atoms with Crippen LogP contribution in [-0.2, 0) is 4.79 Å². The Morgan fingerprint density at radius 2 is 1.96 bits per heavy atom. The van der Waals surface area contributed by atoms with Crippen LogP contribution < -0.4 is 10.6 Å². The van der Waals surface area contributed by atoms with Crippen molar-refractivity contribution in [3.63, 3.8) is 0 Å². The third kappa shape index (κ3) is 3.21. The molecule has 0 saturated carbocycles. The van der Waals surface area contributed by atoms with Crippen LogP contribution in [0.25, 0.3) is 10.8 Å². The molecular weight excluding hydrogens is 334 g/mol. The number of pyridine rings is 1. The third-order valence-corrected chi connectivity index (χ3v) is 6.14. The van der Waals surface area contributed by atoms with Crippen LogP contribution in [-0.4, -0.2) is 24.0 Å². The van der Waals surface area contributed by atoms with Crippen molar-refractivity contribution in [1.29, 1.82) is 0 Å². The number of nitrogens with one attached hydrogen (secondary N) is 2. The average Bonchev–Trinajstić information content (AvgIpc) is 2.71. The maximum atomic E-state index is 13.4. The molecule has 27 heavy (non-hydrogen) atoms. The number of fused-ring (bicyclic) bond motifs is 1. The molecule has 1 aromatic heterocycles. The van der Waals surface area contributed by atoms with Gasteiger partial charge in [0.2, 0.25) is 5.91 Å². The molecule has 3 aromatic rings. The van der Waals surface area contributed by atoms with Gasteiger partial charge in [0, 0.05) is 41.9 Å². The van der Waals surface area contributed by atoms with Crippen molar-refractivity contribution in [3.8, 4) is 0 Å². The van der Waals surface area contributed by atoms with Gasteiger partial charge in [-0.2, -0.15) is 0 Å². The Bertz CT molecular complexity index is 951. The molecule has 1 aliphatic heterocycles. The van der Waals surface area contributed by atoms with E-state index in [1.165, 1.54) is 5.56 Å². The smallest absolute Gasteiger partial charge is 0.231 e. The molecule has 1 unspecified atom stereocenters. The number of hydrogen-bond donors (Lipinski definition) is 2. The Morgan fingerprint density at radius 3 is 2.78 bits per heavy atom. The van der Waals surface area contributed by atoms with Gasteiger partial charge >= 0.3 is 0 Å². The van der Waals surface area contributed by atoms with Crippen molar-refractivity contribution in [2.24, 2.45) is 11.3 Å². The highest BCUT2D eigenvalue weighted by atomic mass is 16.2. The fourth-order valence-corrected chi connectivity index (χ4v) is 4.16. The van der Waals surface area contributed by atoms with Gasteiger partial charge in [0.05, 0.1) is 5.41 Å². The molecule has 4 rings (SSSR count). The van der Waals surface area contributed by atoms with Gasteiger partial charge in [-0.05, 0) is 36.5 Å². The zero-order valence-corrected chi connectivity index (χ0v) is 15.8. The maximum Gasteiger partial charge on any atom is 0.231 e. The second-order valence-electron chi connectivity index (χ2n) is 7.71. The summed E-state index contributed by atoms with van der Waals surface area (Å²) >= 11 is 0. The number of nitrogens with zero attached hydrogens (tertiary/aromatic N) is 1. The van der Waals surface area contributed by atoms with Crippen molar-refractivity contribution in [2.45, 2.75) is 19.8 Å². The van der Waals surface area contributed by atoms with Crippen LogP contribution in [0.2, 0.25) is 0 Å². The number of amides is 1. The largest absolute Gasteiger partial charge is 0.325 e. The van der Waals surface area contributed by atoms with Crippen LogP contribution in [0.3, 0.4) is 0 Å². The summed E-state index contributed by atoms with van der Waals surface area (Å²) in [5, 5.41) is 8.72. The number of anilines is 1. The van der Waals surface area contributed by atoms with Gasteiger partial charge in [0.25, 0.3) is 0 Å². The zero-order chi connectivity index (χ0) is 18.9. The van der Waals surface area contributed by atoms with Gasteiger partial charge in [-0.3, -0.25) is 9.78 Å². The van der Waals surface area contributed by atoms with E-state index in [2.05, 4.69) is 53.7 Å². The molecule has 0 aliphatic carbocycles. The fraction of sp³-hybridized carbons (Fsp3) is 0.304. The molecule has 4 nitrogen and oxygen atoms in total. The van der Waals surface area contributed by atoms with Gasteiger partial charge in [-0.1, -0.05) is 49.4 Å². The number of hydrogen-bond acceptors (Lipinski definition) is 3. The Balaban J connectivity index is 1.62. The summed E-state index contributed by atoms with van der Waals surface area (Å²) in [4.78, 5) is 17.5. The van der Waals surface area contributed by atoms with E-state index in [1.807, 2.05) is 36.5 Å². The summed E-state index contributed by atoms with van der Waals surface area (Å²) in [6.45, 7) is 5.84. The fourth-order valence-electron chi connectivity index (χ4n) is 4.16. The minimum absolute atomic E-state index is 0.0624. The zero-order valence-electron chi connectivity index (χ0n) is 15.8. The lowest BCUT2D eigenvalue weighted by Gasteiger charge is -2.44. The number of carbonyl (C=O) groups excluding carboxylic acids is 1. The molecule has 4 heteroatoms. The van der Waals surface area contributed by atoms with E-state index in [9.17, 15) is 4.79 Å². The van der Waals surface area contributed by atoms with Gasteiger partial charge < -0.3 is 10.6 Å². The highest BCUT2D eigenvalue weighted by Gasteiger charge is 2.45. The van der Waals surface area contributed by atoms with E-state index in [-0.39, 0.29) is 11.8 Å². The van der Waals surface area contributed by atoms with Crippen molar-refractivity contribution in [1.82, 2.24) is 10.3 Å². The minimum atomic E-state index is -0.492. The van der Waals surface area contributed by atoms with Gasteiger partial charge in [-0.25, -0.2) is 0 Å². The predicted molar refractivity (Wildman–Crippen MR) is 110 cm³/mol. The molecule has 0 radical (unpaired) electrons. The maximum absolute atomic E-state index is 13.4. The summed E-state index contributed by atoms with van der Waals surface area (Å²) in [5.74, 6) is 0.595. The lowest BCUT2D eigenvalue weighted by molar-refractivity contribution is -0.128. The molecule has 0 spiro atoms. The third-order valence-electron chi connectivity index (χ3n) is 6.14. The highest BCUT2D eigenvalue weighted by Crippen LogP contribution is 2.41. The second kappa shape index (κ2) is 7.12. The van der Waals surface area contributed by atoms with Crippen molar-refractivity contribution in [3.05, 3.63) is 72.6 Å². The molecule has 1 saturated heterocycles. The minimum Gasteiger partial charge on any atom is -0.325 e. The standard InChI is InChI=1S/C23H25N3O/c1-16-20(17-7-4-3-5-8-17)14-25-15-23(16,2)22(27)26-21-10-6-9-18-13-24-12-11-19(18)21/h3-13,16,20,25H,14-15H2,1-2H3,(H,26,27)/t16?,20-,23+/m0/s1. The Labute approximate surface area is 160 Å². The molecule has 138 valence electrons. The number of benzene rings is 2. The van der Waals surface area contributed by atoms with Crippen LogP contribution in [0.5, 0.6) is 0 Å². The van der Waals surface area contributed by atoms with Crippen molar-refractivity contribution >= 4 is 22.4 Å². The van der Waals surface area contributed by atoms with E-state index < -0.39 is 5.41 Å². The van der Waals surface area contributed by atoms with E-state index in [4.69, 9.17) is 0 Å². The predicted octanol–water partition coefficient (Wildman–Crippen LogP) is 4.20. The summed E-state index contributed by atoms with van der Waals surface area (Å²) in [5.41, 5.74) is 1.64. The van der Waals surface area contributed by atoms with E-state index >= 15 is 0 Å². The summed E-state index contributed by atoms with van der Waals surface area (Å²) in [6, 6.07) is 18.4. The number of piperidine rings is 1. The Hall–Kier alpha value is -2.72. The topological polar surface area (TPSA) is 54.0 Å². The second-order valence-corrected chi connectivity index (χ2v) is 7.71. The van der Waals surface area contributed by atoms with E-state index in [0.29, 0.717) is 12.5 Å². The van der Waals surface area contributed by atoms with Crippen LogP contribution in [0.15, 0.2) is 67.0 Å². The number of carbonyl (C=O) groups is 1. The molecule has 3 atom stereocenters. The first kappa shape index (κ1) is 17.7. The summed E-state index contributed by atoms with van der Waals surface area (Å²) in [7, 11) is 0. The first-order valence-electron chi connectivity index (χ1n) is 9.49. The molecule has 1 aliphatic rings. The highest BCUT2D eigenvalue weighted by molar-refractivity contribution is 6.03. The van der Waals surface area contributed by atoms with E-state index in [0.717, 1.165) is 23.0 Å². The molecular formula is C23H25N3O. The SMILES string of the molecule is CC1[C@@H](c2ccccc2)CNC[C@@]1(C)C(=O)Nc1cccc2cnccc12. The van der Waals surface area contributed by atoms with Gasteiger partial charge in [0.1, 0.15) is 0 Å². The molecule has 0 bridgehead atoms. The average molecular weight is 359 g/mol. The summed E-state index contributed by atoms with van der Waals surface area (Å²) < 4.78 is 0. The van der Waals surface area contributed by atoms with Gasteiger partial charge in [0.15, 0.2) is 0 Å². The first-order chi connectivity index (χ1) is 13.1. The molecule has 1 fully saturated rings. The van der Waals surface area contributed by atoms with Crippen LogP contribution in [0.1, 0.15) is 25.3 Å². The van der Waals surface area contributed by atoms with Crippen LogP contribution in [0.4, 0.5) is 5.69 Å². The molecule has 2 heterocycles. The monoisotopic (exact) mass is 359 g/mol. The van der Waals surface area contributed by atoms with Crippen molar-refractivity contribution < 1.29 is 4.79 Å². The quantitative estimate of drug-likeness (QED) is 0.737. The number of aromatic nitrogens is 1. The van der Waals surface area contributed by atoms with Crippen LogP contribution >= 0.6 is 0 Å². The lowest BCUT2D eigenvalue weighted by Crippen LogP contribution is -2.54. The summed E-state index contributed by atoms with van der Waals surface area (Å²) in [6.07, 6.45) is 3.58. The number of rotatable bonds is 3. The molecule has 2 aromatic carbocycles. The van der Waals surface area contributed by atoms with Crippen LogP contribution in [0, 0.1) is 11.3 Å². The van der Waals surface area contributed by atoms with E-state index in [1.54, 1.807) is 6.20 Å². The Kier molecular flexibility index (Phi) is 4.66.